The van der Waals surface area contributed by atoms with E-state index < -0.39 is 17.7 Å². The van der Waals surface area contributed by atoms with Crippen LogP contribution in [0, 0.1) is 0 Å². The van der Waals surface area contributed by atoms with Gasteiger partial charge in [-0.1, -0.05) is 26.0 Å². The quantitative estimate of drug-likeness (QED) is 0.286. The van der Waals surface area contributed by atoms with Gasteiger partial charge in [0.25, 0.3) is 11.7 Å². The zero-order chi connectivity index (χ0) is 26.4. The first-order valence-corrected chi connectivity index (χ1v) is 11.8. The van der Waals surface area contributed by atoms with Crippen LogP contribution in [0.1, 0.15) is 31.0 Å². The molecule has 9 heteroatoms. The summed E-state index contributed by atoms with van der Waals surface area (Å²) in [6.07, 6.45) is 0. The number of Topliss-reactive ketones (excluding diaryl/α,β-unsaturated/α-hetero) is 1. The summed E-state index contributed by atoms with van der Waals surface area (Å²) in [7, 11) is 5.96. The largest absolute Gasteiger partial charge is 0.507 e. The van der Waals surface area contributed by atoms with Crippen molar-refractivity contribution >= 4 is 17.4 Å². The van der Waals surface area contributed by atoms with Gasteiger partial charge >= 0.3 is 0 Å². The molecule has 1 fully saturated rings. The number of para-hydroxylation sites is 1. The molecule has 0 radical (unpaired) electrons. The fourth-order valence-electron chi connectivity index (χ4n) is 4.49. The van der Waals surface area contributed by atoms with Crippen LogP contribution in [-0.4, -0.2) is 81.2 Å². The number of hydrogen-bond donors (Lipinski definition) is 1. The molecule has 0 bridgehead atoms. The molecule has 0 saturated carbocycles. The van der Waals surface area contributed by atoms with E-state index in [1.807, 2.05) is 13.8 Å². The third-order valence-corrected chi connectivity index (χ3v) is 6.46. The number of ether oxygens (including phenoxy) is 4. The SMILES string of the molecule is CCN(CC)CCN1C(=O)C(=O)/C(=C(/O)c2ccccc2OC)C1c1cc(OC)c(OC)c(OC)c1. The van der Waals surface area contributed by atoms with Crippen molar-refractivity contribution in [3.63, 3.8) is 0 Å². The molecule has 36 heavy (non-hydrogen) atoms. The van der Waals surface area contributed by atoms with E-state index in [1.165, 1.54) is 33.3 Å². The lowest BCUT2D eigenvalue weighted by Gasteiger charge is -2.29. The maximum Gasteiger partial charge on any atom is 0.295 e. The van der Waals surface area contributed by atoms with E-state index in [2.05, 4.69) is 4.90 Å². The number of benzene rings is 2. The normalized spacial score (nSPS) is 17.0. The van der Waals surface area contributed by atoms with Crippen LogP contribution in [0.3, 0.4) is 0 Å². The van der Waals surface area contributed by atoms with Crippen LogP contribution in [-0.2, 0) is 9.59 Å². The van der Waals surface area contributed by atoms with Crippen LogP contribution < -0.4 is 18.9 Å². The number of methoxy groups -OCH3 is 4. The van der Waals surface area contributed by atoms with Gasteiger partial charge in [0.05, 0.1) is 45.6 Å². The lowest BCUT2D eigenvalue weighted by Crippen LogP contribution is -2.38. The van der Waals surface area contributed by atoms with Crippen molar-refractivity contribution < 1.29 is 33.6 Å². The monoisotopic (exact) mass is 498 g/mol. The summed E-state index contributed by atoms with van der Waals surface area (Å²) >= 11 is 0. The molecule has 1 atom stereocenters. The van der Waals surface area contributed by atoms with Crippen LogP contribution >= 0.6 is 0 Å². The average Bonchev–Trinajstić information content (AvgIpc) is 3.17. The number of nitrogens with zero attached hydrogens (tertiary/aromatic N) is 2. The summed E-state index contributed by atoms with van der Waals surface area (Å²) in [6, 6.07) is 9.32. The number of aliphatic hydroxyl groups is 1. The highest BCUT2D eigenvalue weighted by Gasteiger charge is 2.46. The zero-order valence-electron chi connectivity index (χ0n) is 21.7. The Hall–Kier alpha value is -3.72. The van der Waals surface area contributed by atoms with Gasteiger partial charge in [0, 0.05) is 13.1 Å². The van der Waals surface area contributed by atoms with Crippen LogP contribution in [0.2, 0.25) is 0 Å². The number of likely N-dealkylation sites (N-methyl/N-ethyl adjacent to an activating group) is 1. The van der Waals surface area contributed by atoms with Gasteiger partial charge in [-0.15, -0.1) is 0 Å². The molecule has 9 nitrogen and oxygen atoms in total. The minimum Gasteiger partial charge on any atom is -0.507 e. The molecule has 2 aromatic rings. The van der Waals surface area contributed by atoms with Crippen molar-refractivity contribution in [1.29, 1.82) is 0 Å². The smallest absolute Gasteiger partial charge is 0.295 e. The maximum atomic E-state index is 13.4. The molecule has 1 heterocycles. The van der Waals surface area contributed by atoms with Gasteiger partial charge in [-0.25, -0.2) is 0 Å². The van der Waals surface area contributed by atoms with Crippen LogP contribution in [0.25, 0.3) is 5.76 Å². The minimum absolute atomic E-state index is 0.0293. The van der Waals surface area contributed by atoms with Crippen molar-refractivity contribution in [1.82, 2.24) is 9.80 Å². The first kappa shape index (κ1) is 26.9. The minimum atomic E-state index is -0.876. The Labute approximate surface area is 211 Å². The van der Waals surface area contributed by atoms with E-state index in [4.69, 9.17) is 18.9 Å². The van der Waals surface area contributed by atoms with Gasteiger partial charge in [-0.2, -0.15) is 0 Å². The molecule has 1 amide bonds. The van der Waals surface area contributed by atoms with Gasteiger partial charge in [0.15, 0.2) is 11.5 Å². The number of ketones is 1. The number of amides is 1. The molecule has 1 N–H and O–H groups in total. The van der Waals surface area contributed by atoms with Crippen molar-refractivity contribution in [2.75, 3.05) is 54.6 Å². The van der Waals surface area contributed by atoms with Crippen LogP contribution in [0.15, 0.2) is 42.0 Å². The summed E-state index contributed by atoms with van der Waals surface area (Å²) in [5.41, 5.74) is 0.831. The van der Waals surface area contributed by atoms with Crippen molar-refractivity contribution in [3.8, 4) is 23.0 Å². The number of aliphatic hydroxyl groups excluding tert-OH is 1. The Bertz CT molecular complexity index is 1120. The third-order valence-electron chi connectivity index (χ3n) is 6.46. The molecule has 0 aliphatic carbocycles. The number of rotatable bonds is 11. The summed E-state index contributed by atoms with van der Waals surface area (Å²) < 4.78 is 21.9. The fraction of sp³-hybridized carbons (Fsp3) is 0.407. The average molecular weight is 499 g/mol. The highest BCUT2D eigenvalue weighted by molar-refractivity contribution is 6.46. The molecule has 0 aromatic heterocycles. The second kappa shape index (κ2) is 11.8. The third kappa shape index (κ3) is 4.97. The predicted octanol–water partition coefficient (Wildman–Crippen LogP) is 3.48. The van der Waals surface area contributed by atoms with E-state index in [0.717, 1.165) is 13.1 Å². The zero-order valence-corrected chi connectivity index (χ0v) is 21.7. The predicted molar refractivity (Wildman–Crippen MR) is 136 cm³/mol. The van der Waals surface area contributed by atoms with Gasteiger partial charge in [0.1, 0.15) is 11.5 Å². The summed E-state index contributed by atoms with van der Waals surface area (Å²) in [4.78, 5) is 30.3. The van der Waals surface area contributed by atoms with Crippen molar-refractivity contribution in [3.05, 3.63) is 53.1 Å². The van der Waals surface area contributed by atoms with Gasteiger partial charge in [-0.3, -0.25) is 9.59 Å². The Kier molecular flexibility index (Phi) is 8.82. The van der Waals surface area contributed by atoms with E-state index in [1.54, 1.807) is 36.4 Å². The van der Waals surface area contributed by atoms with Crippen LogP contribution in [0.5, 0.6) is 23.0 Å². The molecular formula is C27H34N2O7. The number of carbonyl (C=O) groups excluding carboxylic acids is 2. The Morgan fingerprint density at radius 1 is 0.917 bits per heavy atom. The lowest BCUT2D eigenvalue weighted by atomic mass is 9.94. The molecule has 1 aliphatic rings. The maximum absolute atomic E-state index is 13.4. The van der Waals surface area contributed by atoms with Gasteiger partial charge in [0.2, 0.25) is 5.75 Å². The summed E-state index contributed by atoms with van der Waals surface area (Å²) in [5.74, 6) is -0.248. The molecule has 1 aliphatic heterocycles. The number of hydrogen-bond acceptors (Lipinski definition) is 8. The second-order valence-corrected chi connectivity index (χ2v) is 8.18. The molecule has 2 aromatic carbocycles. The molecule has 0 spiro atoms. The van der Waals surface area contributed by atoms with E-state index >= 15 is 0 Å². The van der Waals surface area contributed by atoms with Crippen molar-refractivity contribution in [2.45, 2.75) is 19.9 Å². The first-order chi connectivity index (χ1) is 17.4. The molecular weight excluding hydrogens is 464 g/mol. The van der Waals surface area contributed by atoms with Gasteiger partial charge < -0.3 is 33.9 Å². The Balaban J connectivity index is 2.26. The number of carbonyl (C=O) groups is 2. The lowest BCUT2D eigenvalue weighted by molar-refractivity contribution is -0.140. The van der Waals surface area contributed by atoms with E-state index in [0.29, 0.717) is 40.7 Å². The first-order valence-electron chi connectivity index (χ1n) is 11.8. The standard InChI is InChI=1S/C27H34N2O7/c1-7-28(8-2)13-14-29-23(17-15-20(34-4)26(36-6)21(16-17)35-5)22(25(31)27(29)32)24(30)18-11-9-10-12-19(18)33-3/h9-12,15-16,23,30H,7-8,13-14H2,1-6H3/b24-22+. The topological polar surface area (TPSA) is 97.8 Å². The van der Waals surface area contributed by atoms with Gasteiger partial charge in [-0.05, 0) is 42.9 Å². The van der Waals surface area contributed by atoms with E-state index in [9.17, 15) is 14.7 Å². The Morgan fingerprint density at radius 2 is 1.50 bits per heavy atom. The van der Waals surface area contributed by atoms with E-state index in [-0.39, 0.29) is 17.9 Å². The van der Waals surface area contributed by atoms with Crippen LogP contribution in [0.4, 0.5) is 0 Å². The Morgan fingerprint density at radius 3 is 2.03 bits per heavy atom. The molecule has 194 valence electrons. The fourth-order valence-corrected chi connectivity index (χ4v) is 4.49. The van der Waals surface area contributed by atoms with Crippen molar-refractivity contribution in [2.24, 2.45) is 0 Å². The second-order valence-electron chi connectivity index (χ2n) is 8.18. The summed E-state index contributed by atoms with van der Waals surface area (Å²) in [5, 5.41) is 11.4. The highest BCUT2D eigenvalue weighted by Crippen LogP contribution is 2.46. The number of likely N-dealkylation sites (tertiary alicyclic amines) is 1. The molecule has 3 rings (SSSR count). The molecule has 1 unspecified atom stereocenters. The summed E-state index contributed by atoms with van der Waals surface area (Å²) in [6.45, 7) is 6.53. The molecule has 1 saturated heterocycles. The highest BCUT2D eigenvalue weighted by atomic mass is 16.5.